The summed E-state index contributed by atoms with van der Waals surface area (Å²) < 4.78 is 3.29. The van der Waals surface area contributed by atoms with Crippen molar-refractivity contribution in [3.8, 4) is 0 Å². The Morgan fingerprint density at radius 1 is 1.64 bits per heavy atom. The van der Waals surface area contributed by atoms with Gasteiger partial charge < -0.3 is 4.57 Å². The van der Waals surface area contributed by atoms with Crippen molar-refractivity contribution in [2.45, 2.75) is 37.5 Å². The molecule has 0 spiro atoms. The van der Waals surface area contributed by atoms with Gasteiger partial charge in [0.2, 0.25) is 0 Å². The number of nitrogens with zero attached hydrogens (tertiary/aromatic N) is 2. The molecule has 0 radical (unpaired) electrons. The van der Waals surface area contributed by atoms with Crippen LogP contribution in [-0.2, 0) is 6.54 Å². The van der Waals surface area contributed by atoms with Gasteiger partial charge in [0.25, 0.3) is 0 Å². The first-order chi connectivity index (χ1) is 6.67. The third-order valence-electron chi connectivity index (χ3n) is 3.09. The largest absolute Gasteiger partial charge is 0.303 e. The third-order valence-corrected chi connectivity index (χ3v) is 4.81. The Morgan fingerprint density at radius 3 is 2.71 bits per heavy atom. The van der Waals surface area contributed by atoms with E-state index in [4.69, 9.17) is 12.2 Å². The summed E-state index contributed by atoms with van der Waals surface area (Å²) in [5.74, 6) is 0.996. The first-order valence-electron chi connectivity index (χ1n) is 4.84. The summed E-state index contributed by atoms with van der Waals surface area (Å²) >= 11 is 7.16. The van der Waals surface area contributed by atoms with Crippen LogP contribution in [0.5, 0.6) is 0 Å². The van der Waals surface area contributed by atoms with Crippen molar-refractivity contribution in [1.82, 2.24) is 14.8 Å². The molecule has 0 unspecified atom stereocenters. The molecule has 14 heavy (non-hydrogen) atoms. The predicted molar refractivity (Wildman–Crippen MR) is 62.2 cm³/mol. The van der Waals surface area contributed by atoms with Crippen molar-refractivity contribution in [3.63, 3.8) is 0 Å². The van der Waals surface area contributed by atoms with Crippen LogP contribution in [0.25, 0.3) is 0 Å². The summed E-state index contributed by atoms with van der Waals surface area (Å²) in [4.78, 5) is 0. The summed E-state index contributed by atoms with van der Waals surface area (Å²) in [5.41, 5.74) is 0. The fraction of sp³-hybridized carbons (Fsp3) is 0.778. The van der Waals surface area contributed by atoms with Crippen molar-refractivity contribution < 1.29 is 0 Å². The minimum absolute atomic E-state index is 0.423. The van der Waals surface area contributed by atoms with Crippen molar-refractivity contribution in [1.29, 1.82) is 0 Å². The molecular weight excluding hydrogens is 214 g/mol. The van der Waals surface area contributed by atoms with E-state index in [1.165, 1.54) is 19.3 Å². The quantitative estimate of drug-likeness (QED) is 0.809. The molecule has 1 heterocycles. The average molecular weight is 229 g/mol. The molecule has 0 aliphatic heterocycles. The van der Waals surface area contributed by atoms with Gasteiger partial charge in [-0.3, -0.25) is 5.10 Å². The number of hydrogen-bond acceptors (Lipinski definition) is 3. The van der Waals surface area contributed by atoms with Crippen LogP contribution in [0.15, 0.2) is 0 Å². The monoisotopic (exact) mass is 229 g/mol. The van der Waals surface area contributed by atoms with E-state index < -0.39 is 0 Å². The van der Waals surface area contributed by atoms with E-state index >= 15 is 0 Å². The van der Waals surface area contributed by atoms with Crippen LogP contribution in [0.4, 0.5) is 0 Å². The van der Waals surface area contributed by atoms with E-state index in [1.807, 2.05) is 18.7 Å². The molecule has 1 fully saturated rings. The first-order valence-corrected chi connectivity index (χ1v) is 6.47. The minimum atomic E-state index is 0.423. The van der Waals surface area contributed by atoms with Crippen molar-refractivity contribution >= 4 is 24.0 Å². The Bertz CT molecular complexity index is 370. The van der Waals surface area contributed by atoms with Gasteiger partial charge in [-0.25, -0.2) is 0 Å². The molecule has 3 nitrogen and oxygen atoms in total. The van der Waals surface area contributed by atoms with Crippen LogP contribution in [-0.4, -0.2) is 25.8 Å². The number of rotatable bonds is 3. The predicted octanol–water partition coefficient (Wildman–Crippen LogP) is 2.53. The standard InChI is InChI=1S/C9H15N3S2/c1-7-10-11-8(13)12(7)6-9(14-2)4-3-5-9/h3-6H2,1-2H3,(H,11,13). The highest BCUT2D eigenvalue weighted by Crippen LogP contribution is 2.44. The number of hydrogen-bond donors (Lipinski definition) is 1. The number of H-pyrrole nitrogens is 1. The Labute approximate surface area is 93.3 Å². The average Bonchev–Trinajstić information content (AvgIpc) is 2.41. The molecule has 1 N–H and O–H groups in total. The lowest BCUT2D eigenvalue weighted by atomic mass is 9.84. The molecule has 1 saturated carbocycles. The van der Waals surface area contributed by atoms with Crippen molar-refractivity contribution in [2.75, 3.05) is 6.26 Å². The highest BCUT2D eigenvalue weighted by Gasteiger charge is 2.36. The van der Waals surface area contributed by atoms with Crippen molar-refractivity contribution in [3.05, 3.63) is 10.6 Å². The fourth-order valence-corrected chi connectivity index (χ4v) is 3.07. The zero-order valence-electron chi connectivity index (χ0n) is 8.54. The van der Waals surface area contributed by atoms with Crippen LogP contribution in [0.3, 0.4) is 0 Å². The Hall–Kier alpha value is -0.290. The second-order valence-corrected chi connectivity index (χ2v) is 5.56. The lowest BCUT2D eigenvalue weighted by Gasteiger charge is -2.40. The molecule has 2 rings (SSSR count). The second kappa shape index (κ2) is 3.70. The maximum Gasteiger partial charge on any atom is 0.195 e. The van der Waals surface area contributed by atoms with Gasteiger partial charge in [-0.2, -0.15) is 16.9 Å². The fourth-order valence-electron chi connectivity index (χ4n) is 1.87. The molecule has 1 aromatic heterocycles. The lowest BCUT2D eigenvalue weighted by Crippen LogP contribution is -2.38. The van der Waals surface area contributed by atoms with Gasteiger partial charge in [-0.15, -0.1) is 0 Å². The maximum atomic E-state index is 5.20. The van der Waals surface area contributed by atoms with Crippen LogP contribution in [0, 0.1) is 11.7 Å². The lowest BCUT2D eigenvalue weighted by molar-refractivity contribution is 0.318. The molecule has 0 bridgehead atoms. The van der Waals surface area contributed by atoms with Crippen molar-refractivity contribution in [2.24, 2.45) is 0 Å². The summed E-state index contributed by atoms with van der Waals surface area (Å²) in [6.07, 6.45) is 6.16. The summed E-state index contributed by atoms with van der Waals surface area (Å²) in [7, 11) is 0. The molecule has 0 atom stereocenters. The van der Waals surface area contributed by atoms with Gasteiger partial charge in [-0.1, -0.05) is 6.42 Å². The Balaban J connectivity index is 2.21. The molecule has 1 aliphatic rings. The van der Waals surface area contributed by atoms with Gasteiger partial charge in [0, 0.05) is 11.3 Å². The van der Waals surface area contributed by atoms with Gasteiger partial charge >= 0.3 is 0 Å². The zero-order valence-corrected chi connectivity index (χ0v) is 10.2. The van der Waals surface area contributed by atoms with E-state index in [0.717, 1.165) is 17.1 Å². The smallest absolute Gasteiger partial charge is 0.195 e. The van der Waals surface area contributed by atoms with E-state index in [1.54, 1.807) is 0 Å². The molecular formula is C9H15N3S2. The van der Waals surface area contributed by atoms with E-state index in [-0.39, 0.29) is 0 Å². The maximum absolute atomic E-state index is 5.20. The number of aromatic nitrogens is 3. The number of aromatic amines is 1. The molecule has 0 amide bonds. The van der Waals surface area contributed by atoms with Gasteiger partial charge in [0.15, 0.2) is 4.77 Å². The second-order valence-electron chi connectivity index (χ2n) is 3.90. The minimum Gasteiger partial charge on any atom is -0.303 e. The van der Waals surface area contributed by atoms with Crippen LogP contribution in [0.2, 0.25) is 0 Å². The number of aryl methyl sites for hydroxylation is 1. The summed E-state index contributed by atoms with van der Waals surface area (Å²) in [6.45, 7) is 3.01. The zero-order chi connectivity index (χ0) is 10.2. The summed E-state index contributed by atoms with van der Waals surface area (Å²) in [6, 6.07) is 0. The normalized spacial score (nSPS) is 19.3. The Kier molecular flexibility index (Phi) is 2.70. The van der Waals surface area contributed by atoms with Gasteiger partial charge in [-0.05, 0) is 38.2 Å². The topological polar surface area (TPSA) is 33.6 Å². The van der Waals surface area contributed by atoms with Gasteiger partial charge in [0.1, 0.15) is 5.82 Å². The van der Waals surface area contributed by atoms with Gasteiger partial charge in [0.05, 0.1) is 0 Å². The number of thioether (sulfide) groups is 1. The SMILES string of the molecule is CSC1(Cn2c(C)n[nH]c2=S)CCC1. The first kappa shape index (κ1) is 10.2. The molecule has 78 valence electrons. The highest BCUT2D eigenvalue weighted by molar-refractivity contribution is 8.00. The van der Waals surface area contributed by atoms with E-state index in [9.17, 15) is 0 Å². The van der Waals surface area contributed by atoms with Crippen LogP contribution in [0.1, 0.15) is 25.1 Å². The highest BCUT2D eigenvalue weighted by atomic mass is 32.2. The van der Waals surface area contributed by atoms with Crippen LogP contribution >= 0.6 is 24.0 Å². The van der Waals surface area contributed by atoms with E-state index in [2.05, 4.69) is 21.0 Å². The molecule has 1 aromatic rings. The molecule has 0 aromatic carbocycles. The molecule has 5 heteroatoms. The number of nitrogens with one attached hydrogen (secondary N) is 1. The van der Waals surface area contributed by atoms with E-state index in [0.29, 0.717) is 4.75 Å². The Morgan fingerprint density at radius 2 is 2.36 bits per heavy atom. The molecule has 0 saturated heterocycles. The van der Waals surface area contributed by atoms with Crippen LogP contribution < -0.4 is 0 Å². The summed E-state index contributed by atoms with van der Waals surface area (Å²) in [5, 5.41) is 6.97. The molecule has 1 aliphatic carbocycles. The third kappa shape index (κ3) is 1.63.